The zero-order valence-corrected chi connectivity index (χ0v) is 18.2. The van der Waals surface area contributed by atoms with Crippen LogP contribution in [0.15, 0.2) is 40.6 Å². The maximum Gasteiger partial charge on any atom is 0.340 e. The fourth-order valence-electron chi connectivity index (χ4n) is 2.94. The molecule has 0 spiro atoms. The minimum absolute atomic E-state index is 0.0168. The van der Waals surface area contributed by atoms with Gasteiger partial charge in [-0.2, -0.15) is 4.31 Å². The molecule has 1 fully saturated rings. The first-order valence-corrected chi connectivity index (χ1v) is 11.7. The summed E-state index contributed by atoms with van der Waals surface area (Å²) in [5.41, 5.74) is -0.0827. The third-order valence-electron chi connectivity index (χ3n) is 4.59. The maximum absolute atomic E-state index is 12.7. The molecule has 2 heterocycles. The summed E-state index contributed by atoms with van der Waals surface area (Å²) in [7, 11) is -2.08. The van der Waals surface area contributed by atoms with Crippen LogP contribution in [0.1, 0.15) is 28.1 Å². The SMILES string of the molecule is CN(Cc1cccs1)C(=O)COC(=O)c1cc(S(=O)(=O)N2CCCC2)ccc1Cl. The smallest absolute Gasteiger partial charge is 0.340 e. The van der Waals surface area contributed by atoms with Crippen LogP contribution >= 0.6 is 22.9 Å². The van der Waals surface area contributed by atoms with Crippen molar-refractivity contribution in [2.45, 2.75) is 24.3 Å². The van der Waals surface area contributed by atoms with E-state index >= 15 is 0 Å². The van der Waals surface area contributed by atoms with Crippen molar-refractivity contribution in [3.8, 4) is 0 Å². The number of rotatable bonds is 7. The number of thiophene rings is 1. The number of benzene rings is 1. The summed E-state index contributed by atoms with van der Waals surface area (Å²) in [6.07, 6.45) is 1.62. The molecule has 10 heteroatoms. The van der Waals surface area contributed by atoms with E-state index in [1.807, 2.05) is 17.5 Å². The number of sulfonamides is 1. The second kappa shape index (κ2) is 9.25. The van der Waals surface area contributed by atoms with E-state index in [2.05, 4.69) is 0 Å². The molecule has 0 bridgehead atoms. The summed E-state index contributed by atoms with van der Waals surface area (Å²) < 4.78 is 31.9. The van der Waals surface area contributed by atoms with Crippen molar-refractivity contribution in [2.24, 2.45) is 0 Å². The second-order valence-corrected chi connectivity index (χ2v) is 10.0. The molecular formula is C19H21ClN2O5S2. The van der Waals surface area contributed by atoms with E-state index in [1.165, 1.54) is 38.7 Å². The Labute approximate surface area is 178 Å². The molecule has 0 atom stereocenters. The highest BCUT2D eigenvalue weighted by atomic mass is 35.5. The van der Waals surface area contributed by atoms with Gasteiger partial charge in [0.25, 0.3) is 5.91 Å². The normalized spacial score (nSPS) is 14.7. The number of nitrogens with zero attached hydrogens (tertiary/aromatic N) is 2. The molecule has 29 heavy (non-hydrogen) atoms. The van der Waals surface area contributed by atoms with E-state index in [1.54, 1.807) is 7.05 Å². The number of hydrogen-bond donors (Lipinski definition) is 0. The molecule has 156 valence electrons. The molecular weight excluding hydrogens is 436 g/mol. The molecule has 0 radical (unpaired) electrons. The van der Waals surface area contributed by atoms with Gasteiger partial charge >= 0.3 is 5.97 Å². The van der Waals surface area contributed by atoms with E-state index in [0.717, 1.165) is 17.7 Å². The van der Waals surface area contributed by atoms with Crippen molar-refractivity contribution in [3.05, 3.63) is 51.2 Å². The Hall–Kier alpha value is -1.94. The largest absolute Gasteiger partial charge is 0.452 e. The van der Waals surface area contributed by atoms with Crippen LogP contribution in [-0.2, 0) is 26.1 Å². The number of hydrogen-bond acceptors (Lipinski definition) is 6. The molecule has 0 saturated carbocycles. The van der Waals surface area contributed by atoms with E-state index in [4.69, 9.17) is 16.3 Å². The van der Waals surface area contributed by atoms with E-state index < -0.39 is 22.6 Å². The van der Waals surface area contributed by atoms with Gasteiger partial charge in [-0.3, -0.25) is 4.79 Å². The van der Waals surface area contributed by atoms with Crippen molar-refractivity contribution in [3.63, 3.8) is 0 Å². The number of halogens is 1. The van der Waals surface area contributed by atoms with Gasteiger partial charge in [0.1, 0.15) is 0 Å². The standard InChI is InChI=1S/C19H21ClN2O5S2/c1-21(12-14-5-4-10-28-14)18(23)13-27-19(24)16-11-15(6-7-17(16)20)29(25,26)22-8-2-3-9-22/h4-7,10-11H,2-3,8-9,12-13H2,1H3. The summed E-state index contributed by atoms with van der Waals surface area (Å²) in [5.74, 6) is -1.21. The van der Waals surface area contributed by atoms with Crippen molar-refractivity contribution >= 4 is 44.8 Å². The summed E-state index contributed by atoms with van der Waals surface area (Å²) in [6.45, 7) is 0.865. The average molecular weight is 457 g/mol. The number of carbonyl (C=O) groups is 2. The molecule has 0 N–H and O–H groups in total. The monoisotopic (exact) mass is 456 g/mol. The topological polar surface area (TPSA) is 84.0 Å². The molecule has 0 unspecified atom stereocenters. The lowest BCUT2D eigenvalue weighted by atomic mass is 10.2. The lowest BCUT2D eigenvalue weighted by molar-refractivity contribution is -0.133. The first-order valence-electron chi connectivity index (χ1n) is 9.02. The second-order valence-electron chi connectivity index (χ2n) is 6.66. The first kappa shape index (κ1) is 21.8. The molecule has 3 rings (SSSR count). The number of carbonyl (C=O) groups excluding carboxylic acids is 2. The zero-order valence-electron chi connectivity index (χ0n) is 15.8. The van der Waals surface area contributed by atoms with Crippen molar-refractivity contribution < 1.29 is 22.7 Å². The fourth-order valence-corrected chi connectivity index (χ4v) is 5.43. The Morgan fingerprint density at radius 2 is 1.97 bits per heavy atom. The fraction of sp³-hybridized carbons (Fsp3) is 0.368. The summed E-state index contributed by atoms with van der Waals surface area (Å²) in [6, 6.07) is 7.73. The molecule has 1 aliphatic heterocycles. The summed E-state index contributed by atoms with van der Waals surface area (Å²) in [4.78, 5) is 27.1. The quantitative estimate of drug-likeness (QED) is 0.598. The van der Waals surface area contributed by atoms with E-state index in [0.29, 0.717) is 19.6 Å². The number of esters is 1. The molecule has 1 saturated heterocycles. The highest BCUT2D eigenvalue weighted by Crippen LogP contribution is 2.25. The summed E-state index contributed by atoms with van der Waals surface area (Å²) >= 11 is 7.60. The highest BCUT2D eigenvalue weighted by Gasteiger charge is 2.28. The third-order valence-corrected chi connectivity index (χ3v) is 7.67. The highest BCUT2D eigenvalue weighted by molar-refractivity contribution is 7.89. The van der Waals surface area contributed by atoms with Gasteiger partial charge in [0.15, 0.2) is 6.61 Å². The van der Waals surface area contributed by atoms with Crippen LogP contribution in [-0.4, -0.2) is 56.2 Å². The van der Waals surface area contributed by atoms with E-state index in [9.17, 15) is 18.0 Å². The Morgan fingerprint density at radius 1 is 1.24 bits per heavy atom. The van der Waals surface area contributed by atoms with Crippen LogP contribution in [0.2, 0.25) is 5.02 Å². The van der Waals surface area contributed by atoms with Crippen molar-refractivity contribution in [1.29, 1.82) is 0 Å². The Bertz CT molecular complexity index is 986. The van der Waals surface area contributed by atoms with Gasteiger partial charge in [-0.05, 0) is 42.5 Å². The molecule has 1 aromatic heterocycles. The van der Waals surface area contributed by atoms with Gasteiger partial charge < -0.3 is 9.64 Å². The van der Waals surface area contributed by atoms with Crippen LogP contribution in [0, 0.1) is 0 Å². The van der Waals surface area contributed by atoms with Gasteiger partial charge in [0.2, 0.25) is 10.0 Å². The van der Waals surface area contributed by atoms with Gasteiger partial charge in [-0.25, -0.2) is 13.2 Å². The van der Waals surface area contributed by atoms with Crippen molar-refractivity contribution in [2.75, 3.05) is 26.7 Å². The molecule has 1 aromatic carbocycles. The lowest BCUT2D eigenvalue weighted by Crippen LogP contribution is -2.30. The van der Waals surface area contributed by atoms with Gasteiger partial charge in [-0.15, -0.1) is 11.3 Å². The minimum atomic E-state index is -3.69. The lowest BCUT2D eigenvalue weighted by Gasteiger charge is -2.17. The van der Waals surface area contributed by atoms with Crippen LogP contribution in [0.5, 0.6) is 0 Å². The van der Waals surface area contributed by atoms with Gasteiger partial charge in [0.05, 0.1) is 22.0 Å². The summed E-state index contributed by atoms with van der Waals surface area (Å²) in [5, 5.41) is 1.98. The van der Waals surface area contributed by atoms with Gasteiger partial charge in [-0.1, -0.05) is 17.7 Å². The van der Waals surface area contributed by atoms with Crippen LogP contribution in [0.4, 0.5) is 0 Å². The zero-order chi connectivity index (χ0) is 21.0. The molecule has 7 nitrogen and oxygen atoms in total. The Balaban J connectivity index is 1.66. The first-order chi connectivity index (χ1) is 13.8. The maximum atomic E-state index is 12.7. The Kier molecular flexibility index (Phi) is 6.94. The molecule has 0 aliphatic carbocycles. The van der Waals surface area contributed by atoms with Crippen molar-refractivity contribution in [1.82, 2.24) is 9.21 Å². The Morgan fingerprint density at radius 3 is 2.62 bits per heavy atom. The van der Waals surface area contributed by atoms with E-state index in [-0.39, 0.29) is 21.4 Å². The minimum Gasteiger partial charge on any atom is -0.452 e. The average Bonchev–Trinajstić information content (AvgIpc) is 3.40. The molecule has 1 aliphatic rings. The predicted octanol–water partition coefficient (Wildman–Crippen LogP) is 3.00. The van der Waals surface area contributed by atoms with Gasteiger partial charge in [0, 0.05) is 25.0 Å². The number of likely N-dealkylation sites (N-methyl/N-ethyl adjacent to an activating group) is 1. The van der Waals surface area contributed by atoms with Crippen LogP contribution in [0.3, 0.4) is 0 Å². The predicted molar refractivity (Wildman–Crippen MR) is 111 cm³/mol. The number of ether oxygens (including phenoxy) is 1. The van der Waals surface area contributed by atoms with Crippen LogP contribution in [0.25, 0.3) is 0 Å². The number of amides is 1. The third kappa shape index (κ3) is 5.16. The molecule has 2 aromatic rings. The molecule has 1 amide bonds. The van der Waals surface area contributed by atoms with Crippen LogP contribution < -0.4 is 0 Å².